The van der Waals surface area contributed by atoms with Crippen LogP contribution >= 0.6 is 11.6 Å². The average Bonchev–Trinajstić information content (AvgIpc) is 2.89. The van der Waals surface area contributed by atoms with Crippen molar-refractivity contribution in [3.8, 4) is 0 Å². The molecule has 2 aromatic rings. The summed E-state index contributed by atoms with van der Waals surface area (Å²) in [7, 11) is 0. The van der Waals surface area contributed by atoms with Crippen LogP contribution in [0.5, 0.6) is 0 Å². The molecule has 1 atom stereocenters. The number of fused-ring (bicyclic) bond motifs is 1. The van der Waals surface area contributed by atoms with E-state index in [1.54, 1.807) is 0 Å². The molecular formula is C21H26ClN3O. The summed E-state index contributed by atoms with van der Waals surface area (Å²) < 4.78 is 2.06. The molecule has 1 aromatic heterocycles. The monoisotopic (exact) mass is 371 g/mol. The van der Waals surface area contributed by atoms with Crippen molar-refractivity contribution in [1.82, 2.24) is 15.1 Å². The van der Waals surface area contributed by atoms with Gasteiger partial charge in [0.15, 0.2) is 0 Å². The molecule has 4 nitrogen and oxygen atoms in total. The maximum absolute atomic E-state index is 12.5. The number of amides is 1. The topological polar surface area (TPSA) is 46.9 Å². The SMILES string of the molecule is CC1(C)Cc2c(cnn2Cc2ccccc2Cl)C(NC(=O)C2CCC2)C1. The van der Waals surface area contributed by atoms with E-state index in [4.69, 9.17) is 11.6 Å². The van der Waals surface area contributed by atoms with Gasteiger partial charge in [-0.3, -0.25) is 9.48 Å². The molecule has 5 heteroatoms. The molecule has 4 rings (SSSR count). The first-order chi connectivity index (χ1) is 12.4. The van der Waals surface area contributed by atoms with E-state index in [9.17, 15) is 4.79 Å². The predicted octanol–water partition coefficient (Wildman–Crippen LogP) is 4.51. The summed E-state index contributed by atoms with van der Waals surface area (Å²) >= 11 is 6.34. The maximum Gasteiger partial charge on any atom is 0.223 e. The Morgan fingerprint density at radius 3 is 2.81 bits per heavy atom. The van der Waals surface area contributed by atoms with Crippen LogP contribution in [0.25, 0.3) is 0 Å². The summed E-state index contributed by atoms with van der Waals surface area (Å²) in [5.74, 6) is 0.422. The Kier molecular flexibility index (Phi) is 4.55. The zero-order valence-corrected chi connectivity index (χ0v) is 16.2. The second-order valence-corrected chi connectivity index (χ2v) is 8.94. The maximum atomic E-state index is 12.5. The van der Waals surface area contributed by atoms with Gasteiger partial charge in [-0.05, 0) is 42.7 Å². The Hall–Kier alpha value is -1.81. The van der Waals surface area contributed by atoms with Crippen molar-refractivity contribution in [2.45, 2.75) is 58.5 Å². The number of hydrogen-bond acceptors (Lipinski definition) is 2. The van der Waals surface area contributed by atoms with Gasteiger partial charge in [-0.15, -0.1) is 0 Å². The second-order valence-electron chi connectivity index (χ2n) is 8.53. The number of carbonyl (C=O) groups is 1. The molecule has 1 saturated carbocycles. The van der Waals surface area contributed by atoms with Crippen molar-refractivity contribution in [2.75, 3.05) is 0 Å². The third-order valence-corrected chi connectivity index (χ3v) is 6.20. The zero-order valence-electron chi connectivity index (χ0n) is 15.5. The lowest BCUT2D eigenvalue weighted by Crippen LogP contribution is -2.41. The first kappa shape index (κ1) is 17.6. The molecule has 1 heterocycles. The molecule has 0 bridgehead atoms. The largest absolute Gasteiger partial charge is 0.349 e. The van der Waals surface area contributed by atoms with Crippen LogP contribution in [0.1, 0.15) is 62.4 Å². The van der Waals surface area contributed by atoms with Gasteiger partial charge in [0, 0.05) is 22.2 Å². The number of rotatable bonds is 4. The quantitative estimate of drug-likeness (QED) is 0.859. The first-order valence-electron chi connectivity index (χ1n) is 9.51. The standard InChI is InChI=1S/C21H26ClN3O/c1-21(2)10-18(24-20(26)14-7-5-8-14)16-12-23-25(19(16)11-21)13-15-6-3-4-9-17(15)22/h3-4,6,9,12,14,18H,5,7-8,10-11,13H2,1-2H3,(H,24,26). The highest BCUT2D eigenvalue weighted by atomic mass is 35.5. The minimum atomic E-state index is 0.0573. The van der Waals surface area contributed by atoms with Gasteiger partial charge < -0.3 is 5.32 Å². The van der Waals surface area contributed by atoms with Gasteiger partial charge >= 0.3 is 0 Å². The van der Waals surface area contributed by atoms with Crippen LogP contribution in [-0.2, 0) is 17.8 Å². The van der Waals surface area contributed by atoms with E-state index in [-0.39, 0.29) is 23.3 Å². The first-order valence-corrected chi connectivity index (χ1v) is 9.89. The van der Waals surface area contributed by atoms with Gasteiger partial charge in [-0.25, -0.2) is 0 Å². The van der Waals surface area contributed by atoms with Gasteiger partial charge in [-0.1, -0.05) is 50.1 Å². The van der Waals surface area contributed by atoms with Crippen LogP contribution < -0.4 is 5.32 Å². The Balaban J connectivity index is 1.60. The van der Waals surface area contributed by atoms with E-state index in [1.165, 1.54) is 17.7 Å². The average molecular weight is 372 g/mol. The van der Waals surface area contributed by atoms with Gasteiger partial charge in [0.05, 0.1) is 18.8 Å². The fourth-order valence-electron chi connectivity index (χ4n) is 4.11. The highest BCUT2D eigenvalue weighted by Crippen LogP contribution is 2.41. The molecule has 1 amide bonds. The highest BCUT2D eigenvalue weighted by molar-refractivity contribution is 6.31. The lowest BCUT2D eigenvalue weighted by atomic mass is 9.74. The Morgan fingerprint density at radius 2 is 2.12 bits per heavy atom. The molecule has 1 aromatic carbocycles. The van der Waals surface area contributed by atoms with Gasteiger partial charge in [0.2, 0.25) is 5.91 Å². The number of aromatic nitrogens is 2. The van der Waals surface area contributed by atoms with E-state index in [0.717, 1.165) is 36.3 Å². The molecule has 0 aliphatic heterocycles. The number of carbonyl (C=O) groups excluding carboxylic acids is 1. The van der Waals surface area contributed by atoms with Crippen LogP contribution in [0.2, 0.25) is 5.02 Å². The highest BCUT2D eigenvalue weighted by Gasteiger charge is 2.37. The van der Waals surface area contributed by atoms with Gasteiger partial charge in [0.25, 0.3) is 0 Å². The van der Waals surface area contributed by atoms with Crippen molar-refractivity contribution in [1.29, 1.82) is 0 Å². The minimum Gasteiger partial charge on any atom is -0.349 e. The second kappa shape index (κ2) is 6.73. The van der Waals surface area contributed by atoms with Crippen LogP contribution in [0.4, 0.5) is 0 Å². The fraction of sp³-hybridized carbons (Fsp3) is 0.524. The van der Waals surface area contributed by atoms with Crippen LogP contribution in [0, 0.1) is 11.3 Å². The van der Waals surface area contributed by atoms with E-state index >= 15 is 0 Å². The zero-order chi connectivity index (χ0) is 18.3. The number of nitrogens with one attached hydrogen (secondary N) is 1. The van der Waals surface area contributed by atoms with E-state index in [1.807, 2.05) is 30.5 Å². The van der Waals surface area contributed by atoms with Crippen LogP contribution in [-0.4, -0.2) is 15.7 Å². The van der Waals surface area contributed by atoms with Crippen molar-refractivity contribution >= 4 is 17.5 Å². The van der Waals surface area contributed by atoms with Crippen molar-refractivity contribution in [3.63, 3.8) is 0 Å². The summed E-state index contributed by atoms with van der Waals surface area (Å²) in [5, 5.41) is 8.71. The van der Waals surface area contributed by atoms with Crippen molar-refractivity contribution in [2.24, 2.45) is 11.3 Å². The van der Waals surface area contributed by atoms with Crippen molar-refractivity contribution in [3.05, 3.63) is 52.3 Å². The molecule has 2 aliphatic rings. The van der Waals surface area contributed by atoms with Crippen LogP contribution in [0.3, 0.4) is 0 Å². The Labute approximate surface area is 159 Å². The Morgan fingerprint density at radius 1 is 1.35 bits per heavy atom. The minimum absolute atomic E-state index is 0.0573. The lowest BCUT2D eigenvalue weighted by Gasteiger charge is -2.37. The normalized spacial score (nSPS) is 21.7. The van der Waals surface area contributed by atoms with Gasteiger partial charge in [-0.2, -0.15) is 5.10 Å². The van der Waals surface area contributed by atoms with E-state index in [0.29, 0.717) is 6.54 Å². The van der Waals surface area contributed by atoms with E-state index in [2.05, 4.69) is 28.9 Å². The summed E-state index contributed by atoms with van der Waals surface area (Å²) in [6.07, 6.45) is 7.09. The third kappa shape index (κ3) is 3.39. The predicted molar refractivity (Wildman–Crippen MR) is 103 cm³/mol. The molecular weight excluding hydrogens is 346 g/mol. The molecule has 1 fully saturated rings. The number of benzene rings is 1. The summed E-state index contributed by atoms with van der Waals surface area (Å²) in [6.45, 7) is 5.20. The molecule has 1 N–H and O–H groups in total. The third-order valence-electron chi connectivity index (χ3n) is 5.83. The van der Waals surface area contributed by atoms with Crippen LogP contribution in [0.15, 0.2) is 30.5 Å². The summed E-state index contributed by atoms with van der Waals surface area (Å²) in [6, 6.07) is 7.96. The molecule has 1 unspecified atom stereocenters. The Bertz CT molecular complexity index is 822. The summed E-state index contributed by atoms with van der Waals surface area (Å²) in [4.78, 5) is 12.5. The molecule has 0 radical (unpaired) electrons. The van der Waals surface area contributed by atoms with Crippen molar-refractivity contribution < 1.29 is 4.79 Å². The number of halogens is 1. The summed E-state index contributed by atoms with van der Waals surface area (Å²) in [5.41, 5.74) is 3.59. The molecule has 0 spiro atoms. The molecule has 26 heavy (non-hydrogen) atoms. The van der Waals surface area contributed by atoms with E-state index < -0.39 is 0 Å². The fourth-order valence-corrected chi connectivity index (χ4v) is 4.31. The van der Waals surface area contributed by atoms with Gasteiger partial charge in [0.1, 0.15) is 0 Å². The number of nitrogens with zero attached hydrogens (tertiary/aromatic N) is 2. The molecule has 138 valence electrons. The molecule has 2 aliphatic carbocycles. The lowest BCUT2D eigenvalue weighted by molar-refractivity contribution is -0.128. The molecule has 0 saturated heterocycles. The smallest absolute Gasteiger partial charge is 0.223 e. The number of hydrogen-bond donors (Lipinski definition) is 1.